The van der Waals surface area contributed by atoms with Crippen molar-refractivity contribution in [1.82, 2.24) is 5.32 Å². The summed E-state index contributed by atoms with van der Waals surface area (Å²) in [6.45, 7) is 14.1. The summed E-state index contributed by atoms with van der Waals surface area (Å²) < 4.78 is 0. The molecule has 0 amide bonds. The number of Topliss-reactive ketones (excluding diaryl/α,β-unsaturated/α-hetero) is 2. The number of carbonyl (C=O) groups is 2. The van der Waals surface area contributed by atoms with Crippen LogP contribution in [0.5, 0.6) is 0 Å². The second-order valence-electron chi connectivity index (χ2n) is 8.99. The highest BCUT2D eigenvalue weighted by atomic mass is 16.1. The first-order valence-electron chi connectivity index (χ1n) is 9.95. The average Bonchev–Trinajstić information content (AvgIpc) is 2.56. The Labute approximate surface area is 149 Å². The van der Waals surface area contributed by atoms with Gasteiger partial charge in [-0.1, -0.05) is 67.2 Å². The molecule has 1 saturated heterocycles. The smallest absolute Gasteiger partial charge is 0.142 e. The maximum Gasteiger partial charge on any atom is 0.142 e. The molecule has 0 saturated carbocycles. The van der Waals surface area contributed by atoms with Gasteiger partial charge in [-0.05, 0) is 19.3 Å². The standard InChI is InChI=1S/C21H39NO2/c1-7-9-11-20(3,4)18(23)16-13-17(15-22-14-16)19(24)21(5,6)12-10-8-2/h16-17,22H,7-15H2,1-6H3/t16-,17+. The third-order valence-electron chi connectivity index (χ3n) is 5.74. The molecule has 1 aliphatic rings. The number of carbonyl (C=O) groups excluding carboxylic acids is 2. The molecule has 1 heterocycles. The fourth-order valence-corrected chi connectivity index (χ4v) is 3.93. The Morgan fingerprint density at radius 2 is 1.21 bits per heavy atom. The summed E-state index contributed by atoms with van der Waals surface area (Å²) in [6, 6.07) is 0. The van der Waals surface area contributed by atoms with Crippen molar-refractivity contribution >= 4 is 11.6 Å². The highest BCUT2D eigenvalue weighted by Gasteiger charge is 2.40. The van der Waals surface area contributed by atoms with Gasteiger partial charge in [-0.3, -0.25) is 9.59 Å². The third-order valence-corrected chi connectivity index (χ3v) is 5.74. The summed E-state index contributed by atoms with van der Waals surface area (Å²) >= 11 is 0. The number of rotatable bonds is 10. The van der Waals surface area contributed by atoms with E-state index in [1.807, 2.05) is 0 Å². The van der Waals surface area contributed by atoms with Crippen molar-refractivity contribution in [3.63, 3.8) is 0 Å². The molecule has 0 aromatic heterocycles. The Hall–Kier alpha value is -0.700. The molecule has 0 aromatic rings. The number of unbranched alkanes of at least 4 members (excludes halogenated alkanes) is 2. The van der Waals surface area contributed by atoms with Crippen LogP contribution in [-0.4, -0.2) is 24.7 Å². The second kappa shape index (κ2) is 9.12. The van der Waals surface area contributed by atoms with E-state index < -0.39 is 0 Å². The van der Waals surface area contributed by atoms with Gasteiger partial charge >= 0.3 is 0 Å². The zero-order chi connectivity index (χ0) is 18.4. The first-order chi connectivity index (χ1) is 11.2. The largest absolute Gasteiger partial charge is 0.315 e. The molecule has 3 nitrogen and oxygen atoms in total. The van der Waals surface area contributed by atoms with Gasteiger partial charge in [0.25, 0.3) is 0 Å². The quantitative estimate of drug-likeness (QED) is 0.624. The van der Waals surface area contributed by atoms with Gasteiger partial charge in [0, 0.05) is 35.8 Å². The summed E-state index contributed by atoms with van der Waals surface area (Å²) in [6.07, 6.45) is 7.03. The van der Waals surface area contributed by atoms with Crippen LogP contribution in [-0.2, 0) is 9.59 Å². The van der Waals surface area contributed by atoms with Crippen LogP contribution >= 0.6 is 0 Å². The number of hydrogen-bond donors (Lipinski definition) is 1. The van der Waals surface area contributed by atoms with E-state index in [0.29, 0.717) is 11.6 Å². The predicted octanol–water partition coefficient (Wildman–Crippen LogP) is 4.78. The van der Waals surface area contributed by atoms with Gasteiger partial charge in [-0.15, -0.1) is 0 Å². The van der Waals surface area contributed by atoms with Gasteiger partial charge in [0.1, 0.15) is 11.6 Å². The molecule has 0 radical (unpaired) electrons. The Kier molecular flexibility index (Phi) is 8.11. The minimum absolute atomic E-state index is 0.0125. The van der Waals surface area contributed by atoms with Crippen LogP contribution in [0.4, 0.5) is 0 Å². The topological polar surface area (TPSA) is 46.2 Å². The molecular formula is C21H39NO2. The number of nitrogens with one attached hydrogen (secondary N) is 1. The summed E-state index contributed by atoms with van der Waals surface area (Å²) in [7, 11) is 0. The molecule has 0 spiro atoms. The normalized spacial score (nSPS) is 22.4. The van der Waals surface area contributed by atoms with Gasteiger partial charge in [0.15, 0.2) is 0 Å². The summed E-state index contributed by atoms with van der Waals surface area (Å²) in [5.41, 5.74) is -0.546. The maximum atomic E-state index is 13.0. The van der Waals surface area contributed by atoms with E-state index in [0.717, 1.165) is 58.0 Å². The van der Waals surface area contributed by atoms with Crippen LogP contribution in [0.15, 0.2) is 0 Å². The lowest BCUT2D eigenvalue weighted by molar-refractivity contribution is -0.136. The first-order valence-corrected chi connectivity index (χ1v) is 9.95. The molecular weight excluding hydrogens is 298 g/mol. The molecule has 140 valence electrons. The highest BCUT2D eigenvalue weighted by Crippen LogP contribution is 2.35. The van der Waals surface area contributed by atoms with Crippen molar-refractivity contribution in [1.29, 1.82) is 0 Å². The lowest BCUT2D eigenvalue weighted by Crippen LogP contribution is -2.48. The molecule has 24 heavy (non-hydrogen) atoms. The van der Waals surface area contributed by atoms with Crippen molar-refractivity contribution in [3.05, 3.63) is 0 Å². The van der Waals surface area contributed by atoms with Crippen LogP contribution in [0.25, 0.3) is 0 Å². The summed E-state index contributed by atoms with van der Waals surface area (Å²) in [5.74, 6) is 0.655. The fraction of sp³-hybridized carbons (Fsp3) is 0.905. The summed E-state index contributed by atoms with van der Waals surface area (Å²) in [5, 5.41) is 3.36. The summed E-state index contributed by atoms with van der Waals surface area (Å²) in [4.78, 5) is 25.9. The highest BCUT2D eigenvalue weighted by molar-refractivity contribution is 5.90. The zero-order valence-electron chi connectivity index (χ0n) is 16.8. The van der Waals surface area contributed by atoms with Gasteiger partial charge < -0.3 is 5.32 Å². The van der Waals surface area contributed by atoms with Gasteiger partial charge in [0.05, 0.1) is 0 Å². The monoisotopic (exact) mass is 337 g/mol. The first kappa shape index (κ1) is 21.3. The van der Waals surface area contributed by atoms with Crippen LogP contribution in [0.3, 0.4) is 0 Å². The molecule has 3 heteroatoms. The molecule has 0 aliphatic carbocycles. The molecule has 1 aliphatic heterocycles. The fourth-order valence-electron chi connectivity index (χ4n) is 3.93. The van der Waals surface area contributed by atoms with Crippen molar-refractivity contribution < 1.29 is 9.59 Å². The van der Waals surface area contributed by atoms with E-state index in [1.165, 1.54) is 0 Å². The molecule has 2 atom stereocenters. The van der Waals surface area contributed by atoms with E-state index in [-0.39, 0.29) is 22.7 Å². The van der Waals surface area contributed by atoms with E-state index >= 15 is 0 Å². The van der Waals surface area contributed by atoms with Crippen molar-refractivity contribution in [2.45, 2.75) is 86.5 Å². The predicted molar refractivity (Wildman–Crippen MR) is 101 cm³/mol. The molecule has 0 aromatic carbocycles. The molecule has 0 unspecified atom stereocenters. The van der Waals surface area contributed by atoms with Gasteiger partial charge in [-0.25, -0.2) is 0 Å². The Morgan fingerprint density at radius 3 is 1.54 bits per heavy atom. The van der Waals surface area contributed by atoms with Crippen molar-refractivity contribution in [2.75, 3.05) is 13.1 Å². The molecule has 1 rings (SSSR count). The zero-order valence-corrected chi connectivity index (χ0v) is 16.8. The van der Waals surface area contributed by atoms with Crippen LogP contribution < -0.4 is 5.32 Å². The van der Waals surface area contributed by atoms with Gasteiger partial charge in [-0.2, -0.15) is 0 Å². The SMILES string of the molecule is CCCCC(C)(C)C(=O)[C@@H]1CNC[C@H](C(=O)C(C)(C)CCCC)C1. The van der Waals surface area contributed by atoms with Gasteiger partial charge in [0.2, 0.25) is 0 Å². The van der Waals surface area contributed by atoms with Crippen LogP contribution in [0.2, 0.25) is 0 Å². The van der Waals surface area contributed by atoms with Crippen LogP contribution in [0.1, 0.15) is 86.5 Å². The number of ketones is 2. The Balaban J connectivity index is 2.72. The Morgan fingerprint density at radius 1 is 0.833 bits per heavy atom. The van der Waals surface area contributed by atoms with Crippen molar-refractivity contribution in [2.24, 2.45) is 22.7 Å². The van der Waals surface area contributed by atoms with Crippen LogP contribution in [0, 0.1) is 22.7 Å². The van der Waals surface area contributed by atoms with E-state index in [4.69, 9.17) is 0 Å². The van der Waals surface area contributed by atoms with E-state index in [1.54, 1.807) is 0 Å². The molecule has 0 bridgehead atoms. The Bertz CT molecular complexity index is 388. The molecule has 1 N–H and O–H groups in total. The number of piperidine rings is 1. The number of hydrogen-bond acceptors (Lipinski definition) is 3. The lowest BCUT2D eigenvalue weighted by atomic mass is 9.70. The average molecular weight is 338 g/mol. The lowest BCUT2D eigenvalue weighted by Gasteiger charge is -2.36. The van der Waals surface area contributed by atoms with Crippen molar-refractivity contribution in [3.8, 4) is 0 Å². The molecule has 1 fully saturated rings. The minimum Gasteiger partial charge on any atom is -0.315 e. The maximum absolute atomic E-state index is 13.0. The minimum atomic E-state index is -0.273. The van der Waals surface area contributed by atoms with E-state index in [9.17, 15) is 9.59 Å². The van der Waals surface area contributed by atoms with E-state index in [2.05, 4.69) is 46.9 Å². The second-order valence-corrected chi connectivity index (χ2v) is 8.99. The third kappa shape index (κ3) is 5.68.